The smallest absolute Gasteiger partial charge is 0.243 e. The highest BCUT2D eigenvalue weighted by Gasteiger charge is 2.27. The fourth-order valence-electron chi connectivity index (χ4n) is 3.31. The number of amides is 1. The Labute approximate surface area is 170 Å². The number of nitrogens with one attached hydrogen (secondary N) is 1. The van der Waals surface area contributed by atoms with Crippen LogP contribution in [-0.2, 0) is 33.0 Å². The van der Waals surface area contributed by atoms with Gasteiger partial charge in [0.05, 0.1) is 43.0 Å². The summed E-state index contributed by atoms with van der Waals surface area (Å²) in [7, 11) is -0.386. The van der Waals surface area contributed by atoms with Gasteiger partial charge in [0.15, 0.2) is 0 Å². The van der Waals surface area contributed by atoms with Crippen LogP contribution in [0.1, 0.15) is 17.0 Å². The van der Waals surface area contributed by atoms with Gasteiger partial charge in [-0.25, -0.2) is 8.42 Å². The molecule has 29 heavy (non-hydrogen) atoms. The number of methoxy groups -OCH3 is 1. The van der Waals surface area contributed by atoms with E-state index in [9.17, 15) is 13.2 Å². The number of rotatable bonds is 6. The molecule has 0 unspecified atom stereocenters. The summed E-state index contributed by atoms with van der Waals surface area (Å²) in [4.78, 5) is 12.7. The van der Waals surface area contributed by atoms with Gasteiger partial charge in [0.1, 0.15) is 5.75 Å². The van der Waals surface area contributed by atoms with Crippen molar-refractivity contribution in [3.05, 3.63) is 35.2 Å². The molecule has 0 atom stereocenters. The van der Waals surface area contributed by atoms with Gasteiger partial charge in [0, 0.05) is 31.4 Å². The van der Waals surface area contributed by atoms with Crippen LogP contribution in [0.5, 0.6) is 5.75 Å². The number of morpholine rings is 1. The summed E-state index contributed by atoms with van der Waals surface area (Å²) in [6.07, 6.45) is 0.134. The molecule has 10 heteroatoms. The van der Waals surface area contributed by atoms with Gasteiger partial charge in [-0.15, -0.1) is 0 Å². The quantitative estimate of drug-likeness (QED) is 0.752. The average Bonchev–Trinajstić information content (AvgIpc) is 2.94. The lowest BCUT2D eigenvalue weighted by molar-refractivity contribution is -0.115. The van der Waals surface area contributed by atoms with Gasteiger partial charge in [0.25, 0.3) is 0 Å². The van der Waals surface area contributed by atoms with Crippen LogP contribution < -0.4 is 10.1 Å². The Bertz CT molecular complexity index is 1010. The molecular formula is C19H26N4O5S. The molecule has 2 heterocycles. The molecule has 0 bridgehead atoms. The van der Waals surface area contributed by atoms with Crippen LogP contribution in [0, 0.1) is 13.8 Å². The zero-order valence-corrected chi connectivity index (χ0v) is 17.9. The molecule has 2 aromatic rings. The van der Waals surface area contributed by atoms with Gasteiger partial charge in [0.2, 0.25) is 15.9 Å². The van der Waals surface area contributed by atoms with Crippen LogP contribution in [0.2, 0.25) is 0 Å². The monoisotopic (exact) mass is 422 g/mol. The van der Waals surface area contributed by atoms with Gasteiger partial charge in [-0.05, 0) is 32.0 Å². The second-order valence-electron chi connectivity index (χ2n) is 6.88. The average molecular weight is 423 g/mol. The second-order valence-corrected chi connectivity index (χ2v) is 8.81. The fourth-order valence-corrected chi connectivity index (χ4v) is 4.74. The Hall–Kier alpha value is -2.43. The first-order valence-corrected chi connectivity index (χ1v) is 10.7. The summed E-state index contributed by atoms with van der Waals surface area (Å²) in [6.45, 7) is 5.08. The third-order valence-corrected chi connectivity index (χ3v) is 6.94. The summed E-state index contributed by atoms with van der Waals surface area (Å²) in [5.41, 5.74) is 2.86. The zero-order chi connectivity index (χ0) is 21.2. The van der Waals surface area contributed by atoms with E-state index in [0.717, 1.165) is 17.0 Å². The maximum Gasteiger partial charge on any atom is 0.243 e. The number of carbonyl (C=O) groups excluding carboxylic acids is 1. The Morgan fingerprint density at radius 2 is 1.97 bits per heavy atom. The number of nitrogens with zero attached hydrogens (tertiary/aromatic N) is 3. The number of aryl methyl sites for hydroxylation is 2. The van der Waals surface area contributed by atoms with Gasteiger partial charge >= 0.3 is 0 Å². The highest BCUT2D eigenvalue weighted by molar-refractivity contribution is 7.89. The minimum atomic E-state index is -3.68. The molecule has 0 spiro atoms. The lowest BCUT2D eigenvalue weighted by atomic mass is 10.1. The van der Waals surface area contributed by atoms with Crippen molar-refractivity contribution in [1.29, 1.82) is 0 Å². The van der Waals surface area contributed by atoms with E-state index in [4.69, 9.17) is 9.47 Å². The van der Waals surface area contributed by atoms with Crippen molar-refractivity contribution in [2.45, 2.75) is 25.2 Å². The number of anilines is 1. The predicted molar refractivity (Wildman–Crippen MR) is 108 cm³/mol. The molecule has 1 aromatic heterocycles. The lowest BCUT2D eigenvalue weighted by Gasteiger charge is -2.26. The normalized spacial score (nSPS) is 15.3. The number of aromatic nitrogens is 2. The van der Waals surface area contributed by atoms with Crippen molar-refractivity contribution in [3.63, 3.8) is 0 Å². The van der Waals surface area contributed by atoms with Crippen LogP contribution >= 0.6 is 0 Å². The van der Waals surface area contributed by atoms with Crippen molar-refractivity contribution in [3.8, 4) is 5.75 Å². The highest BCUT2D eigenvalue weighted by Crippen LogP contribution is 2.29. The van der Waals surface area contributed by atoms with Crippen molar-refractivity contribution in [2.75, 3.05) is 38.7 Å². The van der Waals surface area contributed by atoms with Crippen LogP contribution in [-0.4, -0.2) is 61.8 Å². The molecule has 0 radical (unpaired) electrons. The molecule has 9 nitrogen and oxygen atoms in total. The van der Waals surface area contributed by atoms with Gasteiger partial charge < -0.3 is 14.8 Å². The molecule has 158 valence electrons. The van der Waals surface area contributed by atoms with Gasteiger partial charge in [-0.1, -0.05) is 0 Å². The van der Waals surface area contributed by atoms with Crippen LogP contribution in [0.4, 0.5) is 5.69 Å². The van der Waals surface area contributed by atoms with Crippen molar-refractivity contribution >= 4 is 21.6 Å². The zero-order valence-electron chi connectivity index (χ0n) is 17.1. The minimum absolute atomic E-state index is 0.101. The van der Waals surface area contributed by atoms with Crippen molar-refractivity contribution in [1.82, 2.24) is 14.1 Å². The molecule has 1 fully saturated rings. The molecule has 0 saturated carbocycles. The topological polar surface area (TPSA) is 103 Å². The number of sulfonamides is 1. The van der Waals surface area contributed by atoms with Crippen molar-refractivity contribution < 1.29 is 22.7 Å². The number of benzene rings is 1. The Morgan fingerprint density at radius 3 is 2.55 bits per heavy atom. The standard InChI is InChI=1S/C19H26N4O5S/c1-13-16(14(2)22(3)21-13)12-19(24)20-17-11-15(5-6-18(17)27-4)29(25,26)23-7-9-28-10-8-23/h5-6,11H,7-10,12H2,1-4H3,(H,20,24). The van der Waals surface area contributed by atoms with Gasteiger partial charge in [-0.2, -0.15) is 9.40 Å². The summed E-state index contributed by atoms with van der Waals surface area (Å²) in [6, 6.07) is 4.46. The van der Waals surface area contributed by atoms with E-state index in [0.29, 0.717) is 37.7 Å². The molecule has 1 amide bonds. The summed E-state index contributed by atoms with van der Waals surface area (Å²) in [5, 5.41) is 7.10. The summed E-state index contributed by atoms with van der Waals surface area (Å²) < 4.78 is 39.5. The third-order valence-electron chi connectivity index (χ3n) is 5.05. The van der Waals surface area contributed by atoms with E-state index >= 15 is 0 Å². The largest absolute Gasteiger partial charge is 0.495 e. The fraction of sp³-hybridized carbons (Fsp3) is 0.474. The maximum atomic E-state index is 12.9. The number of carbonyl (C=O) groups is 1. The van der Waals surface area contributed by atoms with E-state index in [1.54, 1.807) is 10.7 Å². The first kappa shape index (κ1) is 21.3. The van der Waals surface area contributed by atoms with E-state index in [1.165, 1.54) is 23.5 Å². The van der Waals surface area contributed by atoms with Gasteiger partial charge in [-0.3, -0.25) is 9.48 Å². The molecule has 0 aliphatic carbocycles. The SMILES string of the molecule is COc1ccc(S(=O)(=O)N2CCOCC2)cc1NC(=O)Cc1c(C)nn(C)c1C. The molecule has 1 aromatic carbocycles. The van der Waals surface area contributed by atoms with Crippen LogP contribution in [0.3, 0.4) is 0 Å². The molecule has 1 aliphatic rings. The Morgan fingerprint density at radius 1 is 1.28 bits per heavy atom. The summed E-state index contributed by atoms with van der Waals surface area (Å²) >= 11 is 0. The van der Waals surface area contributed by atoms with E-state index in [-0.39, 0.29) is 17.2 Å². The third kappa shape index (κ3) is 4.44. The number of hydrogen-bond acceptors (Lipinski definition) is 6. The van der Waals surface area contributed by atoms with Crippen LogP contribution in [0.15, 0.2) is 23.1 Å². The highest BCUT2D eigenvalue weighted by atomic mass is 32.2. The Balaban J connectivity index is 1.84. The predicted octanol–water partition coefficient (Wildman–Crippen LogP) is 1.25. The molecular weight excluding hydrogens is 396 g/mol. The molecule has 1 saturated heterocycles. The number of hydrogen-bond donors (Lipinski definition) is 1. The maximum absolute atomic E-state index is 12.9. The Kier molecular flexibility index (Phi) is 6.25. The van der Waals surface area contributed by atoms with Crippen molar-refractivity contribution in [2.24, 2.45) is 7.05 Å². The van der Waals surface area contributed by atoms with E-state index in [1.807, 2.05) is 20.9 Å². The van der Waals surface area contributed by atoms with E-state index in [2.05, 4.69) is 10.4 Å². The summed E-state index contributed by atoms with van der Waals surface area (Å²) in [5.74, 6) is 0.113. The molecule has 3 rings (SSSR count). The van der Waals surface area contributed by atoms with Crippen LogP contribution in [0.25, 0.3) is 0 Å². The first-order valence-electron chi connectivity index (χ1n) is 9.29. The molecule has 1 N–H and O–H groups in total. The first-order chi connectivity index (χ1) is 13.7. The second kappa shape index (κ2) is 8.52. The lowest BCUT2D eigenvalue weighted by Crippen LogP contribution is -2.40. The minimum Gasteiger partial charge on any atom is -0.495 e. The number of ether oxygens (including phenoxy) is 2. The molecule has 1 aliphatic heterocycles. The van der Waals surface area contributed by atoms with E-state index < -0.39 is 10.0 Å².